The van der Waals surface area contributed by atoms with Crippen LogP contribution in [0.4, 0.5) is 13.2 Å². The zero-order valence-corrected chi connectivity index (χ0v) is 21.1. The van der Waals surface area contributed by atoms with E-state index in [0.29, 0.717) is 55.7 Å². The van der Waals surface area contributed by atoms with Gasteiger partial charge in [-0.25, -0.2) is 0 Å². The van der Waals surface area contributed by atoms with E-state index in [1.807, 2.05) is 0 Å². The van der Waals surface area contributed by atoms with Gasteiger partial charge in [0.05, 0.1) is 12.2 Å². The number of halogens is 3. The number of nitrogens with one attached hydrogen (secondary N) is 1. The maximum Gasteiger partial charge on any atom is 0.417 e. The predicted molar refractivity (Wildman–Crippen MR) is 132 cm³/mol. The van der Waals surface area contributed by atoms with Crippen LogP contribution in [0.2, 0.25) is 0 Å². The first kappa shape index (κ1) is 27.0. The second-order valence-electron chi connectivity index (χ2n) is 9.26. The number of alkyl halides is 3. The number of carbonyl (C=O) groups excluding carboxylic acids is 3. The van der Waals surface area contributed by atoms with Crippen LogP contribution >= 0.6 is 11.8 Å². The van der Waals surface area contributed by atoms with Crippen molar-refractivity contribution in [1.29, 1.82) is 0 Å². The third-order valence-electron chi connectivity index (χ3n) is 6.69. The summed E-state index contributed by atoms with van der Waals surface area (Å²) in [5, 5.41) is 2.86. The zero-order chi connectivity index (χ0) is 26.4. The number of likely N-dealkylation sites (tertiary alicyclic amines) is 1. The minimum atomic E-state index is -4.55. The lowest BCUT2D eigenvalue weighted by molar-refractivity contribution is -0.139. The normalized spacial score (nSPS) is 19.1. The molecule has 1 aliphatic carbocycles. The predicted octanol–water partition coefficient (Wildman–Crippen LogP) is 4.80. The summed E-state index contributed by atoms with van der Waals surface area (Å²) < 4.78 is 46.7. The van der Waals surface area contributed by atoms with Crippen molar-refractivity contribution in [1.82, 2.24) is 10.2 Å². The maximum atomic E-state index is 14.0. The van der Waals surface area contributed by atoms with Crippen molar-refractivity contribution < 1.29 is 32.3 Å². The van der Waals surface area contributed by atoms with Gasteiger partial charge in [-0.1, -0.05) is 36.0 Å². The molecule has 2 atom stereocenters. The van der Waals surface area contributed by atoms with Crippen molar-refractivity contribution in [3.8, 4) is 0 Å². The molecule has 1 heterocycles. The molecule has 4 rings (SSSR count). The molecule has 1 saturated carbocycles. The lowest BCUT2D eigenvalue weighted by atomic mass is 10.0. The van der Waals surface area contributed by atoms with E-state index in [1.165, 1.54) is 6.07 Å². The summed E-state index contributed by atoms with van der Waals surface area (Å²) in [6.45, 7) is 2.29. The molecule has 10 heteroatoms. The second-order valence-corrected chi connectivity index (χ2v) is 10.3. The van der Waals surface area contributed by atoms with E-state index >= 15 is 0 Å². The lowest BCUT2D eigenvalue weighted by Crippen LogP contribution is -2.31. The highest BCUT2D eigenvalue weighted by atomic mass is 32.2. The van der Waals surface area contributed by atoms with Gasteiger partial charge in [0.25, 0.3) is 6.47 Å². The van der Waals surface area contributed by atoms with Gasteiger partial charge in [-0.05, 0) is 54.5 Å². The molecule has 0 aromatic heterocycles. The number of hydrogen-bond donors (Lipinski definition) is 1. The monoisotopic (exact) mass is 534 g/mol. The van der Waals surface area contributed by atoms with Gasteiger partial charge in [-0.3, -0.25) is 14.4 Å². The number of nitrogens with zero attached hydrogens (tertiary/aromatic N) is 1. The van der Waals surface area contributed by atoms with Crippen LogP contribution in [-0.2, 0) is 31.7 Å². The molecule has 2 aliphatic rings. The molecule has 1 saturated heterocycles. The number of benzene rings is 2. The summed E-state index contributed by atoms with van der Waals surface area (Å²) in [5.74, 6) is -0.595. The SMILES string of the molecule is O=COCCc1ccccc1Sc1ccc(C2CC2C(=O)NCCCN2CCCC2=O)cc1C(F)(F)F. The summed E-state index contributed by atoms with van der Waals surface area (Å²) >= 11 is 1.03. The number of hydrogen-bond acceptors (Lipinski definition) is 5. The molecule has 2 unspecified atom stereocenters. The maximum absolute atomic E-state index is 14.0. The quantitative estimate of drug-likeness (QED) is 0.313. The topological polar surface area (TPSA) is 75.7 Å². The van der Waals surface area contributed by atoms with E-state index in [9.17, 15) is 27.6 Å². The Morgan fingerprint density at radius 2 is 2.00 bits per heavy atom. The third-order valence-corrected chi connectivity index (χ3v) is 7.88. The molecule has 6 nitrogen and oxygen atoms in total. The van der Waals surface area contributed by atoms with E-state index < -0.39 is 11.7 Å². The van der Waals surface area contributed by atoms with Gasteiger partial charge in [0, 0.05) is 48.2 Å². The summed E-state index contributed by atoms with van der Waals surface area (Å²) in [5.41, 5.74) is 0.571. The first-order chi connectivity index (χ1) is 17.8. The van der Waals surface area contributed by atoms with E-state index in [0.717, 1.165) is 36.4 Å². The molecule has 2 amide bonds. The van der Waals surface area contributed by atoms with Crippen molar-refractivity contribution >= 4 is 30.0 Å². The first-order valence-electron chi connectivity index (χ1n) is 12.4. The Kier molecular flexibility index (Phi) is 8.79. The second kappa shape index (κ2) is 12.0. The van der Waals surface area contributed by atoms with Crippen LogP contribution < -0.4 is 5.32 Å². The van der Waals surface area contributed by atoms with Crippen LogP contribution in [0.5, 0.6) is 0 Å². The van der Waals surface area contributed by atoms with Crippen molar-refractivity contribution in [2.45, 2.75) is 54.0 Å². The van der Waals surface area contributed by atoms with Gasteiger partial charge >= 0.3 is 6.18 Å². The van der Waals surface area contributed by atoms with Gasteiger partial charge in [-0.2, -0.15) is 13.2 Å². The minimum absolute atomic E-state index is 0.0816. The third kappa shape index (κ3) is 7.06. The van der Waals surface area contributed by atoms with Crippen LogP contribution in [0.1, 0.15) is 48.3 Å². The minimum Gasteiger partial charge on any atom is -0.468 e. The smallest absolute Gasteiger partial charge is 0.417 e. The van der Waals surface area contributed by atoms with Crippen molar-refractivity contribution in [2.75, 3.05) is 26.2 Å². The lowest BCUT2D eigenvalue weighted by Gasteiger charge is -2.16. The Morgan fingerprint density at radius 3 is 2.73 bits per heavy atom. The summed E-state index contributed by atoms with van der Waals surface area (Å²) in [7, 11) is 0. The average molecular weight is 535 g/mol. The Bertz CT molecular complexity index is 1140. The molecule has 198 valence electrons. The summed E-state index contributed by atoms with van der Waals surface area (Å²) in [6, 6.07) is 11.4. The fourth-order valence-electron chi connectivity index (χ4n) is 4.64. The van der Waals surface area contributed by atoms with Crippen LogP contribution in [0.25, 0.3) is 0 Å². The molecule has 37 heavy (non-hydrogen) atoms. The van der Waals surface area contributed by atoms with Crippen LogP contribution in [-0.4, -0.2) is 49.4 Å². The number of amides is 2. The Balaban J connectivity index is 1.38. The highest BCUT2D eigenvalue weighted by Gasteiger charge is 2.45. The molecule has 0 bridgehead atoms. The largest absolute Gasteiger partial charge is 0.468 e. The highest BCUT2D eigenvalue weighted by Crippen LogP contribution is 2.50. The molecule has 2 aromatic rings. The van der Waals surface area contributed by atoms with Gasteiger partial charge in [0.1, 0.15) is 0 Å². The highest BCUT2D eigenvalue weighted by molar-refractivity contribution is 7.99. The van der Waals surface area contributed by atoms with Gasteiger partial charge < -0.3 is 15.0 Å². The van der Waals surface area contributed by atoms with E-state index in [1.54, 1.807) is 35.2 Å². The van der Waals surface area contributed by atoms with Gasteiger partial charge in [0.15, 0.2) is 0 Å². The molecular formula is C27H29F3N2O4S. The van der Waals surface area contributed by atoms with Crippen LogP contribution in [0.3, 0.4) is 0 Å². The van der Waals surface area contributed by atoms with Gasteiger partial charge in [0.2, 0.25) is 11.8 Å². The molecule has 1 aliphatic heterocycles. The van der Waals surface area contributed by atoms with Crippen LogP contribution in [0, 0.1) is 5.92 Å². The molecule has 0 radical (unpaired) electrons. The zero-order valence-electron chi connectivity index (χ0n) is 20.3. The number of ether oxygens (including phenoxy) is 1. The molecule has 1 N–H and O–H groups in total. The fourth-order valence-corrected chi connectivity index (χ4v) is 5.75. The number of rotatable bonds is 12. The molecular weight excluding hydrogens is 505 g/mol. The Labute approximate surface area is 217 Å². The van der Waals surface area contributed by atoms with E-state index in [4.69, 9.17) is 4.74 Å². The van der Waals surface area contributed by atoms with E-state index in [-0.39, 0.29) is 35.2 Å². The standard InChI is InChI=1S/C27H29F3N2O4S/c28-27(29,30)22-15-19(8-9-24(22)37-23-6-2-1-5-18(23)10-14-36-17-33)20-16-21(20)26(35)31-11-4-13-32-12-3-7-25(32)34/h1-2,5-6,8-9,15,17,20-21H,3-4,7,10-14,16H2,(H,31,35). The molecule has 2 aromatic carbocycles. The van der Waals surface area contributed by atoms with Crippen LogP contribution in [0.15, 0.2) is 52.3 Å². The van der Waals surface area contributed by atoms with Gasteiger partial charge in [-0.15, -0.1) is 0 Å². The first-order valence-corrected chi connectivity index (χ1v) is 13.2. The fraction of sp³-hybridized carbons (Fsp3) is 0.444. The molecule has 2 fully saturated rings. The Morgan fingerprint density at radius 1 is 1.19 bits per heavy atom. The Hall–Kier alpha value is -3.01. The van der Waals surface area contributed by atoms with Crippen molar-refractivity contribution in [2.24, 2.45) is 5.92 Å². The van der Waals surface area contributed by atoms with E-state index in [2.05, 4.69) is 5.32 Å². The number of carbonyl (C=O) groups is 3. The van der Waals surface area contributed by atoms with Crippen molar-refractivity contribution in [3.63, 3.8) is 0 Å². The summed E-state index contributed by atoms with van der Waals surface area (Å²) in [6.07, 6.45) is -1.53. The summed E-state index contributed by atoms with van der Waals surface area (Å²) in [4.78, 5) is 37.1. The van der Waals surface area contributed by atoms with Crippen molar-refractivity contribution in [3.05, 3.63) is 59.2 Å². The average Bonchev–Trinajstić information content (AvgIpc) is 3.57. The molecule has 0 spiro atoms.